The molecule has 0 bridgehead atoms. The van der Waals surface area contributed by atoms with Gasteiger partial charge in [-0.25, -0.2) is 0 Å². The summed E-state index contributed by atoms with van der Waals surface area (Å²) in [6.07, 6.45) is -14.6. The molecule has 0 aliphatic rings. The molecule has 0 amide bonds. The summed E-state index contributed by atoms with van der Waals surface area (Å²) in [5.74, 6) is -33.5. The van der Waals surface area contributed by atoms with Crippen LogP contribution in [0.1, 0.15) is 6.92 Å². The largest absolute Gasteiger partial charge is 0.460 e. The summed E-state index contributed by atoms with van der Waals surface area (Å²) in [7, 11) is -5.75. The van der Waals surface area contributed by atoms with E-state index in [2.05, 4.69) is 4.18 Å². The van der Waals surface area contributed by atoms with Crippen LogP contribution < -0.4 is 0 Å². The van der Waals surface area contributed by atoms with Crippen molar-refractivity contribution in [3.05, 3.63) is 0 Å². The van der Waals surface area contributed by atoms with Gasteiger partial charge in [-0.1, -0.05) is 0 Å². The topological polar surface area (TPSA) is 43.4 Å². The summed E-state index contributed by atoms with van der Waals surface area (Å²) >= 11 is 0. The number of alkyl halides is 13. The summed E-state index contributed by atoms with van der Waals surface area (Å²) in [4.78, 5) is 0. The Bertz CT molecular complexity index is 597. The van der Waals surface area contributed by atoms with Crippen molar-refractivity contribution >= 4 is 39.7 Å². The third-order valence-electron chi connectivity index (χ3n) is 2.49. The van der Waals surface area contributed by atoms with Crippen molar-refractivity contribution in [2.45, 2.75) is 42.9 Å². The average molecular weight is 451 g/mol. The predicted molar refractivity (Wildman–Crippen MR) is 57.1 cm³/mol. The van der Waals surface area contributed by atoms with Crippen molar-refractivity contribution in [2.24, 2.45) is 0 Å². The molecule has 0 N–H and O–H groups in total. The van der Waals surface area contributed by atoms with Crippen molar-refractivity contribution in [2.75, 3.05) is 5.75 Å². The monoisotopic (exact) mass is 451 g/mol. The number of halogens is 13. The summed E-state index contributed by atoms with van der Waals surface area (Å²) < 4.78 is 187. The van der Waals surface area contributed by atoms with E-state index in [1.165, 1.54) is 0 Å². The standard InChI is InChI=1S/C8H5F13O3S.Na/c1-2-25(22,23)24-8(20,21)6(15,16)4(11,12)3(9,10)5(13,14)7(17,18)19;/h2H2,1H3;. The second-order valence-electron chi connectivity index (χ2n) is 4.24. The third-order valence-corrected chi connectivity index (χ3v) is 3.66. The first kappa shape index (κ1) is 28.2. The Morgan fingerprint density at radius 1 is 0.654 bits per heavy atom. The molecule has 0 aliphatic carbocycles. The van der Waals surface area contributed by atoms with Crippen LogP contribution >= 0.6 is 0 Å². The minimum atomic E-state index is -8.11. The van der Waals surface area contributed by atoms with Crippen LogP contribution in [0.4, 0.5) is 57.1 Å². The van der Waals surface area contributed by atoms with Gasteiger partial charge in [0.1, 0.15) is 0 Å². The first-order chi connectivity index (χ1) is 10.5. The van der Waals surface area contributed by atoms with Crippen LogP contribution in [0.3, 0.4) is 0 Å². The minimum Gasteiger partial charge on any atom is -0.199 e. The zero-order valence-corrected chi connectivity index (χ0v) is 15.1. The van der Waals surface area contributed by atoms with E-state index >= 15 is 0 Å². The normalized spacial score (nSPS) is 15.6. The summed E-state index contributed by atoms with van der Waals surface area (Å²) in [5, 5.41) is 0. The van der Waals surface area contributed by atoms with Gasteiger partial charge >= 0.3 is 36.0 Å². The van der Waals surface area contributed by atoms with E-state index in [1.807, 2.05) is 0 Å². The predicted octanol–water partition coefficient (Wildman–Crippen LogP) is 3.67. The van der Waals surface area contributed by atoms with E-state index in [9.17, 15) is 65.5 Å². The quantitative estimate of drug-likeness (QED) is 0.337. The molecule has 0 saturated carbocycles. The molecule has 0 aromatic rings. The van der Waals surface area contributed by atoms with Crippen molar-refractivity contribution in [3.8, 4) is 0 Å². The Hall–Kier alpha value is -0.000000000000000444. The zero-order chi connectivity index (χ0) is 20.9. The SMILES string of the molecule is CCS(=O)(=O)OC(F)(F)C(F)(F)C(F)(F)C(F)(F)C(F)(F)C(F)(F)F.[Na]. The Morgan fingerprint density at radius 2 is 0.962 bits per heavy atom. The first-order valence-corrected chi connectivity index (χ1v) is 6.98. The van der Waals surface area contributed by atoms with Gasteiger partial charge in [0.05, 0.1) is 5.75 Å². The molecule has 0 aromatic heterocycles. The van der Waals surface area contributed by atoms with E-state index in [0.717, 1.165) is 0 Å². The second-order valence-corrected chi connectivity index (χ2v) is 6.10. The molecule has 26 heavy (non-hydrogen) atoms. The van der Waals surface area contributed by atoms with Gasteiger partial charge in [-0.15, -0.1) is 0 Å². The van der Waals surface area contributed by atoms with Gasteiger partial charge in [0.25, 0.3) is 10.1 Å². The maximum Gasteiger partial charge on any atom is 0.460 e. The first-order valence-electron chi connectivity index (χ1n) is 5.41. The summed E-state index contributed by atoms with van der Waals surface area (Å²) in [5.41, 5.74) is 0. The molecule has 0 spiro atoms. The Balaban J connectivity index is 0. The number of rotatable bonds is 7. The molecule has 153 valence electrons. The smallest absolute Gasteiger partial charge is 0.199 e. The third kappa shape index (κ3) is 4.35. The molecular weight excluding hydrogens is 446 g/mol. The molecule has 1 radical (unpaired) electrons. The maximum absolute atomic E-state index is 13.0. The van der Waals surface area contributed by atoms with Crippen molar-refractivity contribution in [3.63, 3.8) is 0 Å². The van der Waals surface area contributed by atoms with Crippen LogP contribution in [0.25, 0.3) is 0 Å². The Morgan fingerprint density at radius 3 is 1.23 bits per heavy atom. The molecule has 0 atom stereocenters. The summed E-state index contributed by atoms with van der Waals surface area (Å²) in [6, 6.07) is 0. The zero-order valence-electron chi connectivity index (χ0n) is 12.3. The van der Waals surface area contributed by atoms with E-state index in [-0.39, 0.29) is 29.6 Å². The summed E-state index contributed by atoms with van der Waals surface area (Å²) in [6.45, 7) is 0.439. The fraction of sp³-hybridized carbons (Fsp3) is 1.00. The molecule has 0 unspecified atom stereocenters. The van der Waals surface area contributed by atoms with Gasteiger partial charge in [0, 0.05) is 29.6 Å². The van der Waals surface area contributed by atoms with Gasteiger partial charge in [-0.3, -0.25) is 0 Å². The molecule has 0 aromatic carbocycles. The Labute approximate surface area is 158 Å². The van der Waals surface area contributed by atoms with Crippen molar-refractivity contribution in [1.82, 2.24) is 0 Å². The van der Waals surface area contributed by atoms with Crippen LogP contribution in [0, 0.1) is 0 Å². The van der Waals surface area contributed by atoms with Crippen LogP contribution in [0.15, 0.2) is 0 Å². The van der Waals surface area contributed by atoms with E-state index in [1.54, 1.807) is 0 Å². The molecule has 0 fully saturated rings. The van der Waals surface area contributed by atoms with Gasteiger partial charge < -0.3 is 0 Å². The number of hydrogen-bond donors (Lipinski definition) is 0. The molecule has 3 nitrogen and oxygen atoms in total. The van der Waals surface area contributed by atoms with Crippen LogP contribution in [0.2, 0.25) is 0 Å². The molecule has 0 aliphatic heterocycles. The fourth-order valence-corrected chi connectivity index (χ4v) is 1.57. The van der Waals surface area contributed by atoms with Crippen LogP contribution in [0.5, 0.6) is 0 Å². The van der Waals surface area contributed by atoms with Gasteiger partial charge in [0.2, 0.25) is 0 Å². The average Bonchev–Trinajstić information content (AvgIpc) is 2.35. The van der Waals surface area contributed by atoms with E-state index in [4.69, 9.17) is 0 Å². The minimum absolute atomic E-state index is 0. The number of hydrogen-bond acceptors (Lipinski definition) is 3. The Kier molecular flexibility index (Phi) is 8.07. The van der Waals surface area contributed by atoms with Gasteiger partial charge in [0.15, 0.2) is 0 Å². The van der Waals surface area contributed by atoms with Crippen molar-refractivity contribution < 1.29 is 69.7 Å². The van der Waals surface area contributed by atoms with Crippen molar-refractivity contribution in [1.29, 1.82) is 0 Å². The fourth-order valence-electron chi connectivity index (χ4n) is 1.03. The van der Waals surface area contributed by atoms with Gasteiger partial charge in [-0.05, 0) is 6.92 Å². The van der Waals surface area contributed by atoms with Crippen LogP contribution in [-0.4, -0.2) is 79.7 Å². The second kappa shape index (κ2) is 7.44. The molecule has 0 heterocycles. The molecule has 18 heteroatoms. The van der Waals surface area contributed by atoms with Gasteiger partial charge in [-0.2, -0.15) is 69.7 Å². The molecule has 0 rings (SSSR count). The molecular formula is C8H5F13NaO3S. The van der Waals surface area contributed by atoms with E-state index < -0.39 is 51.8 Å². The maximum atomic E-state index is 13.0. The van der Waals surface area contributed by atoms with E-state index in [0.29, 0.717) is 6.92 Å². The molecule has 0 saturated heterocycles. The van der Waals surface area contributed by atoms with Crippen LogP contribution in [-0.2, 0) is 14.3 Å².